The van der Waals surface area contributed by atoms with E-state index in [2.05, 4.69) is 20.6 Å². The Morgan fingerprint density at radius 1 is 1.31 bits per heavy atom. The number of nitrogens with zero attached hydrogens (tertiary/aromatic N) is 2. The third-order valence-corrected chi connectivity index (χ3v) is 5.67. The molecule has 0 radical (unpaired) electrons. The fourth-order valence-corrected chi connectivity index (χ4v) is 3.97. The van der Waals surface area contributed by atoms with E-state index in [1.807, 2.05) is 27.7 Å². The molecule has 3 N–H and O–H groups in total. The minimum absolute atomic E-state index is 0.205. The molecule has 172 valence electrons. The third kappa shape index (κ3) is 5.90. The van der Waals surface area contributed by atoms with Crippen LogP contribution in [-0.2, 0) is 4.74 Å². The zero-order valence-electron chi connectivity index (χ0n) is 18.7. The van der Waals surface area contributed by atoms with E-state index in [1.54, 1.807) is 13.0 Å². The zero-order valence-corrected chi connectivity index (χ0v) is 19.5. The molecule has 0 fully saturated rings. The van der Waals surface area contributed by atoms with Crippen LogP contribution in [0.3, 0.4) is 0 Å². The maximum Gasteiger partial charge on any atom is 0.346 e. The molecule has 0 aliphatic rings. The predicted molar refractivity (Wildman–Crippen MR) is 123 cm³/mol. The van der Waals surface area contributed by atoms with Gasteiger partial charge in [0, 0.05) is 12.6 Å². The van der Waals surface area contributed by atoms with Crippen molar-refractivity contribution < 1.29 is 23.8 Å². The molecule has 3 rings (SSSR count). The highest BCUT2D eigenvalue weighted by molar-refractivity contribution is 7.20. The van der Waals surface area contributed by atoms with Crippen LogP contribution in [0.2, 0.25) is 0 Å². The smallest absolute Gasteiger partial charge is 0.346 e. The van der Waals surface area contributed by atoms with E-state index in [4.69, 9.17) is 9.47 Å². The number of aryl methyl sites for hydroxylation is 1. The van der Waals surface area contributed by atoms with Crippen molar-refractivity contribution in [3.63, 3.8) is 0 Å². The number of hydrogen-bond donors (Lipinski definition) is 3. The molecule has 8 nitrogen and oxygen atoms in total. The molecular formula is C22H27FN4O4S. The first-order valence-corrected chi connectivity index (χ1v) is 10.9. The molecule has 0 spiro atoms. The monoisotopic (exact) mass is 462 g/mol. The van der Waals surface area contributed by atoms with Gasteiger partial charge in [0.1, 0.15) is 39.5 Å². The summed E-state index contributed by atoms with van der Waals surface area (Å²) < 4.78 is 25.5. The number of thiophene rings is 1. The van der Waals surface area contributed by atoms with E-state index in [0.29, 0.717) is 46.3 Å². The second-order valence-corrected chi connectivity index (χ2v) is 9.31. The van der Waals surface area contributed by atoms with Gasteiger partial charge >= 0.3 is 5.97 Å². The van der Waals surface area contributed by atoms with Crippen LogP contribution in [-0.4, -0.2) is 46.0 Å². The second kappa shape index (κ2) is 9.76. The molecule has 0 amide bonds. The van der Waals surface area contributed by atoms with Gasteiger partial charge in [-0.25, -0.2) is 19.2 Å². The Morgan fingerprint density at radius 2 is 2.06 bits per heavy atom. The van der Waals surface area contributed by atoms with Crippen molar-refractivity contribution in [2.75, 3.05) is 18.6 Å². The Morgan fingerprint density at radius 3 is 2.75 bits per heavy atom. The average Bonchev–Trinajstić information content (AvgIpc) is 3.04. The Hall–Kier alpha value is -2.82. The predicted octanol–water partition coefficient (Wildman–Crippen LogP) is 4.71. The van der Waals surface area contributed by atoms with Crippen molar-refractivity contribution in [3.8, 4) is 5.75 Å². The molecule has 0 saturated carbocycles. The van der Waals surface area contributed by atoms with E-state index in [0.717, 1.165) is 11.3 Å². The molecule has 1 unspecified atom stereocenters. The Labute approximate surface area is 189 Å². The number of anilines is 2. The molecule has 10 heteroatoms. The molecule has 2 aromatic heterocycles. The number of carboxylic acids is 1. The molecule has 1 atom stereocenters. The summed E-state index contributed by atoms with van der Waals surface area (Å²) in [6, 6.07) is 4.17. The average molecular weight is 463 g/mol. The summed E-state index contributed by atoms with van der Waals surface area (Å²) in [5.41, 5.74) is 0.827. The van der Waals surface area contributed by atoms with Gasteiger partial charge in [0.2, 0.25) is 0 Å². The molecule has 0 aliphatic heterocycles. The van der Waals surface area contributed by atoms with Crippen LogP contribution in [0.1, 0.15) is 42.9 Å². The summed E-state index contributed by atoms with van der Waals surface area (Å²) in [4.78, 5) is 20.7. The lowest BCUT2D eigenvalue weighted by molar-refractivity contribution is -0.0157. The SMILES string of the molecule is Cc1c(C(=O)O)sc2ncnc(Nc3ccc(F)cc3OC(C)CNCOC(C)(C)C)c12. The Kier molecular flexibility index (Phi) is 7.27. The van der Waals surface area contributed by atoms with Crippen molar-refractivity contribution in [1.29, 1.82) is 0 Å². The number of hydrogen-bond acceptors (Lipinski definition) is 8. The van der Waals surface area contributed by atoms with Crippen molar-refractivity contribution in [3.05, 3.63) is 40.8 Å². The van der Waals surface area contributed by atoms with Crippen molar-refractivity contribution in [1.82, 2.24) is 15.3 Å². The number of carboxylic acid groups (broad SMARTS) is 1. The fourth-order valence-electron chi connectivity index (χ4n) is 2.98. The summed E-state index contributed by atoms with van der Waals surface area (Å²) in [5, 5.41) is 16.3. The van der Waals surface area contributed by atoms with Gasteiger partial charge in [0.25, 0.3) is 0 Å². The first-order valence-electron chi connectivity index (χ1n) is 10.1. The van der Waals surface area contributed by atoms with Crippen molar-refractivity contribution >= 4 is 39.0 Å². The summed E-state index contributed by atoms with van der Waals surface area (Å²) in [6.45, 7) is 10.4. The van der Waals surface area contributed by atoms with Crippen LogP contribution in [0.5, 0.6) is 5.75 Å². The van der Waals surface area contributed by atoms with Crippen LogP contribution in [0, 0.1) is 12.7 Å². The van der Waals surface area contributed by atoms with E-state index < -0.39 is 11.8 Å². The summed E-state index contributed by atoms with van der Waals surface area (Å²) >= 11 is 1.08. The van der Waals surface area contributed by atoms with Gasteiger partial charge in [-0.05, 0) is 52.3 Å². The molecule has 0 aliphatic carbocycles. The molecule has 2 heterocycles. The largest absolute Gasteiger partial charge is 0.487 e. The van der Waals surface area contributed by atoms with E-state index in [9.17, 15) is 14.3 Å². The second-order valence-electron chi connectivity index (χ2n) is 8.31. The standard InChI is InChI=1S/C22H27FN4O4S/c1-12(9-24-11-30-22(3,4)5)31-16-8-14(23)6-7-15(16)27-19-17-13(2)18(21(28)29)32-20(17)26-10-25-19/h6-8,10,12,24H,9,11H2,1-5H3,(H,28,29)(H,25,26,27). The molecule has 1 aromatic carbocycles. The summed E-state index contributed by atoms with van der Waals surface area (Å²) in [5.74, 6) is -0.709. The summed E-state index contributed by atoms with van der Waals surface area (Å²) in [7, 11) is 0. The van der Waals surface area contributed by atoms with Gasteiger partial charge in [-0.2, -0.15) is 0 Å². The fraction of sp³-hybridized carbons (Fsp3) is 0.409. The van der Waals surface area contributed by atoms with Crippen LogP contribution >= 0.6 is 11.3 Å². The Balaban J connectivity index is 1.79. The molecule has 0 bridgehead atoms. The maximum atomic E-state index is 14.0. The third-order valence-electron chi connectivity index (χ3n) is 4.48. The van der Waals surface area contributed by atoms with Crippen molar-refractivity contribution in [2.45, 2.75) is 46.3 Å². The quantitative estimate of drug-likeness (QED) is 0.310. The molecule has 32 heavy (non-hydrogen) atoms. The number of ether oxygens (including phenoxy) is 2. The van der Waals surface area contributed by atoms with Crippen LogP contribution < -0.4 is 15.4 Å². The number of halogens is 1. The lowest BCUT2D eigenvalue weighted by Gasteiger charge is -2.22. The van der Waals surface area contributed by atoms with E-state index in [-0.39, 0.29) is 16.6 Å². The number of nitrogens with one attached hydrogen (secondary N) is 2. The number of rotatable bonds is 9. The number of aromatic carboxylic acids is 1. The molecule has 0 saturated heterocycles. The maximum absolute atomic E-state index is 14.0. The molecular weight excluding hydrogens is 435 g/mol. The minimum Gasteiger partial charge on any atom is -0.487 e. The van der Waals surface area contributed by atoms with E-state index >= 15 is 0 Å². The normalized spacial score (nSPS) is 12.7. The lowest BCUT2D eigenvalue weighted by Crippen LogP contribution is -2.34. The Bertz CT molecular complexity index is 1110. The van der Waals surface area contributed by atoms with Gasteiger partial charge in [-0.3, -0.25) is 5.32 Å². The first-order chi connectivity index (χ1) is 15.0. The molecule has 3 aromatic rings. The van der Waals surface area contributed by atoms with Crippen LogP contribution in [0.25, 0.3) is 10.2 Å². The van der Waals surface area contributed by atoms with Crippen molar-refractivity contribution in [2.24, 2.45) is 0 Å². The number of aromatic nitrogens is 2. The number of fused-ring (bicyclic) bond motifs is 1. The van der Waals surface area contributed by atoms with Gasteiger partial charge < -0.3 is 19.9 Å². The highest BCUT2D eigenvalue weighted by Crippen LogP contribution is 2.36. The topological polar surface area (TPSA) is 106 Å². The number of benzene rings is 1. The highest BCUT2D eigenvalue weighted by Gasteiger charge is 2.20. The summed E-state index contributed by atoms with van der Waals surface area (Å²) in [6.07, 6.45) is 1.09. The van der Waals surface area contributed by atoms with Gasteiger partial charge in [-0.15, -0.1) is 11.3 Å². The van der Waals surface area contributed by atoms with E-state index in [1.165, 1.54) is 18.5 Å². The first kappa shape index (κ1) is 23.8. The zero-order chi connectivity index (χ0) is 23.5. The van der Waals surface area contributed by atoms with Crippen LogP contribution in [0.15, 0.2) is 24.5 Å². The minimum atomic E-state index is -1.01. The van der Waals surface area contributed by atoms with Gasteiger partial charge in [0.05, 0.1) is 23.4 Å². The highest BCUT2D eigenvalue weighted by atomic mass is 32.1. The van der Waals surface area contributed by atoms with Gasteiger partial charge in [-0.1, -0.05) is 0 Å². The number of carbonyl (C=O) groups is 1. The van der Waals surface area contributed by atoms with Gasteiger partial charge in [0.15, 0.2) is 0 Å². The lowest BCUT2D eigenvalue weighted by atomic mass is 10.2. The van der Waals surface area contributed by atoms with Crippen LogP contribution in [0.4, 0.5) is 15.9 Å².